The molecule has 8 rings (SSSR count). The Balaban J connectivity index is 0.895. The van der Waals surface area contributed by atoms with E-state index in [1.54, 1.807) is 52.3 Å². The first-order valence-electron chi connectivity index (χ1n) is 34.8. The minimum Gasteiger partial charge on any atom is -0.493 e. The lowest BCUT2D eigenvalue weighted by Crippen LogP contribution is -2.61. The largest absolute Gasteiger partial charge is 0.493 e. The molecule has 4 aliphatic heterocycles. The Bertz CT molecular complexity index is 3460. The van der Waals surface area contributed by atoms with Crippen LogP contribution in [0.5, 0.6) is 11.5 Å². The third kappa shape index (κ3) is 20.6. The number of H-pyrrole nitrogens is 1. The van der Waals surface area contributed by atoms with Crippen LogP contribution in [0.1, 0.15) is 135 Å². The van der Waals surface area contributed by atoms with Gasteiger partial charge in [0.25, 0.3) is 0 Å². The molecule has 4 aromatic rings. The Morgan fingerprint density at radius 1 is 0.700 bits per heavy atom. The second-order valence-corrected chi connectivity index (χ2v) is 26.9. The molecule has 0 bridgehead atoms. The molecule has 10 atom stereocenters. The number of carbonyl (C=O) groups is 9. The lowest BCUT2D eigenvalue weighted by molar-refractivity contribution is -0.136. The van der Waals surface area contributed by atoms with Crippen molar-refractivity contribution < 1.29 is 72.3 Å². The van der Waals surface area contributed by atoms with Gasteiger partial charge in [-0.1, -0.05) is 51.5 Å². The number of morpholine rings is 1. The molecule has 0 saturated carbocycles. The van der Waals surface area contributed by atoms with Crippen molar-refractivity contribution in [3.05, 3.63) is 106 Å². The van der Waals surface area contributed by atoms with E-state index in [2.05, 4.69) is 85.0 Å². The van der Waals surface area contributed by atoms with Crippen LogP contribution in [0.15, 0.2) is 61.1 Å². The zero-order chi connectivity index (χ0) is 72.2. The first kappa shape index (κ1) is 76.8. The number of hydrogen-bond acceptors (Lipinski definition) is 18. The number of nitrogens with one attached hydrogen (secondary N) is 8. The Hall–Kier alpha value is -8.90. The summed E-state index contributed by atoms with van der Waals surface area (Å²) in [7, 11) is 3.23. The highest BCUT2D eigenvalue weighted by Gasteiger charge is 2.43. The number of aromatic amines is 1. The fourth-order valence-corrected chi connectivity index (χ4v) is 13.7. The summed E-state index contributed by atoms with van der Waals surface area (Å²) in [5.74, 6) is -4.37. The van der Waals surface area contributed by atoms with E-state index in [1.807, 2.05) is 17.0 Å². The van der Waals surface area contributed by atoms with Crippen LogP contribution in [0.25, 0.3) is 0 Å². The quantitative estimate of drug-likeness (QED) is 0.0305. The molecule has 4 aliphatic rings. The number of imidazole rings is 1. The van der Waals surface area contributed by atoms with Crippen molar-refractivity contribution >= 4 is 59.2 Å². The van der Waals surface area contributed by atoms with Gasteiger partial charge in [0.05, 0.1) is 58.7 Å². The highest BCUT2D eigenvalue weighted by molar-refractivity contribution is 6.00. The number of amides is 10. The number of aryl methyl sites for hydroxylation is 2. The zero-order valence-corrected chi connectivity index (χ0v) is 58.5. The van der Waals surface area contributed by atoms with Gasteiger partial charge in [0.2, 0.25) is 41.4 Å². The number of benzene rings is 3. The zero-order valence-electron chi connectivity index (χ0n) is 58.5. The van der Waals surface area contributed by atoms with Crippen LogP contribution >= 0.6 is 0 Å². The Morgan fingerprint density at radius 2 is 1.30 bits per heavy atom. The van der Waals surface area contributed by atoms with Gasteiger partial charge in [0.1, 0.15) is 42.9 Å². The van der Waals surface area contributed by atoms with Crippen molar-refractivity contribution in [1.29, 1.82) is 0 Å². The number of urea groups is 1. The Labute approximate surface area is 584 Å². The van der Waals surface area contributed by atoms with Crippen LogP contribution in [0.4, 0.5) is 15.3 Å². The van der Waals surface area contributed by atoms with E-state index in [0.29, 0.717) is 79.3 Å². The van der Waals surface area contributed by atoms with Gasteiger partial charge in [-0.15, -0.1) is 0 Å². The fraction of sp³-hybridized carbons (Fsp3) is 0.577. The second kappa shape index (κ2) is 37.0. The molecule has 0 radical (unpaired) electrons. The van der Waals surface area contributed by atoms with Crippen LogP contribution in [0.2, 0.25) is 0 Å². The predicted octanol–water partition coefficient (Wildman–Crippen LogP) is 2.76. The molecule has 2 fully saturated rings. The molecule has 14 N–H and O–H groups in total. The van der Waals surface area contributed by atoms with Crippen LogP contribution in [0, 0.1) is 31.6 Å². The molecular weight excluding hydrogens is 1290 g/mol. The normalized spacial score (nSPS) is 19.1. The summed E-state index contributed by atoms with van der Waals surface area (Å²) in [6, 6.07) is 6.09. The number of fused-ring (bicyclic) bond motifs is 4. The van der Waals surface area contributed by atoms with E-state index < -0.39 is 103 Å². The lowest BCUT2D eigenvalue weighted by Gasteiger charge is -2.49. The number of unbranched alkanes of at least 4 members (excludes halogenated alkanes) is 1. The highest BCUT2D eigenvalue weighted by Crippen LogP contribution is 2.48. The molecule has 100 heavy (non-hydrogen) atoms. The maximum Gasteiger partial charge on any atom is 0.410 e. The molecule has 29 heteroatoms. The molecule has 2 saturated heterocycles. The number of carbonyl (C=O) groups excluding carboxylic acids is 9. The van der Waals surface area contributed by atoms with Gasteiger partial charge in [-0.2, -0.15) is 0 Å². The van der Waals surface area contributed by atoms with Gasteiger partial charge in [-0.3, -0.25) is 38.5 Å². The number of piperidine rings is 1. The van der Waals surface area contributed by atoms with E-state index in [9.17, 15) is 53.4 Å². The molecule has 29 nitrogen and oxygen atoms in total. The summed E-state index contributed by atoms with van der Waals surface area (Å²) in [4.78, 5) is 137. The van der Waals surface area contributed by atoms with Crippen LogP contribution in [0.3, 0.4) is 0 Å². The van der Waals surface area contributed by atoms with E-state index in [-0.39, 0.29) is 76.3 Å². The number of primary amides is 1. The summed E-state index contributed by atoms with van der Waals surface area (Å²) < 4.78 is 23.0. The SMILES string of the molecule is CCC1CN2CCc3cc(C)c(C)cc3C2CC1CC1c2cc(OC)c(OC)cc2CCN1C(=O)OCc1ccc(NC(=O)C(CCC(N)=O)NC(=O)[C@H](CC(C)C)NC(=O)[C@H](CCCCN)NC(=O)[C@H](CO)NC(=O)[C@H](CO)NC(=O)[C@H](Cc2c[nH]cn2)NC(=O)N2CCOCC2)cc1. The fourth-order valence-electron chi connectivity index (χ4n) is 13.7. The highest BCUT2D eigenvalue weighted by atomic mass is 16.6. The van der Waals surface area contributed by atoms with Gasteiger partial charge in [0.15, 0.2) is 11.5 Å². The van der Waals surface area contributed by atoms with E-state index in [4.69, 9.17) is 30.4 Å². The maximum atomic E-state index is 14.5. The van der Waals surface area contributed by atoms with Gasteiger partial charge in [-0.05, 0) is 159 Å². The average molecular weight is 1390 g/mol. The third-order valence-electron chi connectivity index (χ3n) is 19.5. The Kier molecular flexibility index (Phi) is 28.4. The minimum absolute atomic E-state index is 0.0136. The molecule has 546 valence electrons. The first-order chi connectivity index (χ1) is 48.0. The van der Waals surface area contributed by atoms with E-state index >= 15 is 0 Å². The molecular formula is C71H102N14O15. The number of hydrogen-bond donors (Lipinski definition) is 12. The number of aromatic nitrogens is 2. The molecule has 1 aromatic heterocycles. The number of rotatable bonds is 33. The Morgan fingerprint density at radius 3 is 1.92 bits per heavy atom. The van der Waals surface area contributed by atoms with Gasteiger partial charge in [0, 0.05) is 63.5 Å². The van der Waals surface area contributed by atoms with Crippen LogP contribution in [-0.2, 0) is 68.9 Å². The first-order valence-corrected chi connectivity index (χ1v) is 34.8. The topological polar surface area (TPSA) is 406 Å². The average Bonchev–Trinajstić information content (AvgIpc) is 0.770. The molecule has 10 amide bonds. The molecule has 5 heterocycles. The molecule has 3 aromatic carbocycles. The number of ether oxygens (including phenoxy) is 4. The molecule has 0 aliphatic carbocycles. The number of aliphatic hydroxyl groups is 2. The monoisotopic (exact) mass is 1390 g/mol. The van der Waals surface area contributed by atoms with Crippen molar-refractivity contribution in [3.63, 3.8) is 0 Å². The van der Waals surface area contributed by atoms with Gasteiger partial charge in [-0.25, -0.2) is 14.6 Å². The van der Waals surface area contributed by atoms with Crippen molar-refractivity contribution in [3.8, 4) is 11.5 Å². The maximum absolute atomic E-state index is 14.5. The smallest absolute Gasteiger partial charge is 0.410 e. The number of anilines is 1. The molecule has 5 unspecified atom stereocenters. The standard InChI is InChI=1S/C71H102N14O15/c1-8-45-36-84-21-18-46-28-42(4)43(5)29-51(46)59(84)30-48(45)31-60-52-34-62(98-7)61(97-6)32-47(52)19-22-85(60)71(96)100-39-44-12-14-49(15-13-44)76-64(89)54(16-17-63(73)88)78-66(91)55(27-41(2)3)79-65(90)53(11-9-10-20-72)77-68(93)57(37-86)81-69(94)58(38-87)80-67(92)56(33-50-35-74-40-75-50)82-70(95)83-23-25-99-26-24-83/h12-15,28-29,32,34-35,40-41,45,48,53-60,86-87H,8-11,16-27,30-31,33,36-39,72H2,1-7H3,(H2,73,88)(H,74,75)(H,76,89)(H,77,93)(H,78,91)(H,79,90)(H,80,92)(H,81,94)(H,82,95)/t45?,48?,53-,54?,55-,56-,57-,58-,59?,60?/m0/s1. The number of nitrogens with two attached hydrogens (primary N) is 2. The minimum atomic E-state index is -1.73. The van der Waals surface area contributed by atoms with Crippen molar-refractivity contribution in [2.45, 2.75) is 167 Å². The van der Waals surface area contributed by atoms with E-state index in [1.165, 1.54) is 39.7 Å². The third-order valence-corrected chi connectivity index (χ3v) is 19.5. The van der Waals surface area contributed by atoms with Crippen molar-refractivity contribution in [2.75, 3.05) is 85.2 Å². The summed E-state index contributed by atoms with van der Waals surface area (Å²) in [5.41, 5.74) is 20.2. The van der Waals surface area contributed by atoms with Crippen LogP contribution < -0.4 is 58.2 Å². The van der Waals surface area contributed by atoms with E-state index in [0.717, 1.165) is 49.9 Å². The van der Waals surface area contributed by atoms with Gasteiger partial charge >= 0.3 is 12.1 Å². The lowest BCUT2D eigenvalue weighted by atomic mass is 9.72. The van der Waals surface area contributed by atoms with Crippen molar-refractivity contribution in [2.24, 2.45) is 29.2 Å². The number of methoxy groups -OCH3 is 2. The summed E-state index contributed by atoms with van der Waals surface area (Å²) in [6.45, 7) is 12.0. The van der Waals surface area contributed by atoms with Gasteiger partial charge < -0.3 is 92.6 Å². The summed E-state index contributed by atoms with van der Waals surface area (Å²) >= 11 is 0. The summed E-state index contributed by atoms with van der Waals surface area (Å²) in [5, 5.41) is 38.8. The molecule has 0 spiro atoms. The second-order valence-electron chi connectivity index (χ2n) is 26.9. The van der Waals surface area contributed by atoms with Crippen LogP contribution in [-0.4, -0.2) is 205 Å². The van der Waals surface area contributed by atoms with Crippen molar-refractivity contribution in [1.82, 2.24) is 56.6 Å². The number of aliphatic hydroxyl groups excluding tert-OH is 2. The number of nitrogens with zero attached hydrogens (tertiary/aromatic N) is 4. The predicted molar refractivity (Wildman–Crippen MR) is 370 cm³/mol. The summed E-state index contributed by atoms with van der Waals surface area (Å²) in [6.07, 6.45) is 6.89.